The van der Waals surface area contributed by atoms with Crippen molar-refractivity contribution in [3.63, 3.8) is 0 Å². The zero-order valence-electron chi connectivity index (χ0n) is 10.2. The molecule has 0 aliphatic rings. The second-order valence-electron chi connectivity index (χ2n) is 3.97. The number of nitrogen functional groups attached to an aromatic ring is 1. The molecule has 1 aromatic carbocycles. The minimum atomic E-state index is 0.362. The zero-order chi connectivity index (χ0) is 13.1. The summed E-state index contributed by atoms with van der Waals surface area (Å²) < 4.78 is 0. The van der Waals surface area contributed by atoms with E-state index < -0.39 is 0 Å². The third kappa shape index (κ3) is 2.88. The number of hydrogen-bond acceptors (Lipinski definition) is 5. The molecular formula is C12H14ClN5. The van der Waals surface area contributed by atoms with E-state index in [9.17, 15) is 0 Å². The highest BCUT2D eigenvalue weighted by atomic mass is 35.5. The minimum absolute atomic E-state index is 0.362. The average molecular weight is 264 g/mol. The predicted molar refractivity (Wildman–Crippen MR) is 74.1 cm³/mol. The van der Waals surface area contributed by atoms with Crippen LogP contribution in [0.25, 0.3) is 0 Å². The highest BCUT2D eigenvalue weighted by molar-refractivity contribution is 6.33. The number of aryl methyl sites for hydroxylation is 2. The standard InChI is InChI=1S/C12H14ClN5/c1-7-3-4-9(13)10(5-7)16-11-6-8(2)15-12(17-11)18-14/h3-6H,14H2,1-2H3,(H2,15,16,17,18). The maximum atomic E-state index is 6.11. The van der Waals surface area contributed by atoms with E-state index in [4.69, 9.17) is 17.4 Å². The Kier molecular flexibility index (Phi) is 3.64. The molecule has 1 aromatic heterocycles. The number of hydrogen-bond donors (Lipinski definition) is 3. The van der Waals surface area contributed by atoms with Crippen molar-refractivity contribution in [1.29, 1.82) is 0 Å². The summed E-state index contributed by atoms with van der Waals surface area (Å²) in [6, 6.07) is 7.57. The molecule has 94 valence electrons. The van der Waals surface area contributed by atoms with Crippen LogP contribution in [-0.4, -0.2) is 9.97 Å². The van der Waals surface area contributed by atoms with Crippen LogP contribution >= 0.6 is 11.6 Å². The number of hydrazine groups is 1. The summed E-state index contributed by atoms with van der Waals surface area (Å²) >= 11 is 6.11. The summed E-state index contributed by atoms with van der Waals surface area (Å²) in [7, 11) is 0. The van der Waals surface area contributed by atoms with Gasteiger partial charge in [0.2, 0.25) is 5.95 Å². The molecule has 0 amide bonds. The molecule has 0 unspecified atom stereocenters. The van der Waals surface area contributed by atoms with Gasteiger partial charge in [-0.2, -0.15) is 4.98 Å². The molecule has 0 bridgehead atoms. The van der Waals surface area contributed by atoms with Gasteiger partial charge in [0.05, 0.1) is 10.7 Å². The van der Waals surface area contributed by atoms with Crippen molar-refractivity contribution in [3.05, 3.63) is 40.5 Å². The first-order valence-corrected chi connectivity index (χ1v) is 5.82. The summed E-state index contributed by atoms with van der Waals surface area (Å²) in [5.74, 6) is 6.31. The Balaban J connectivity index is 2.33. The number of halogens is 1. The van der Waals surface area contributed by atoms with Gasteiger partial charge in [-0.1, -0.05) is 17.7 Å². The van der Waals surface area contributed by atoms with Crippen molar-refractivity contribution in [2.24, 2.45) is 5.84 Å². The Morgan fingerprint density at radius 2 is 1.94 bits per heavy atom. The lowest BCUT2D eigenvalue weighted by molar-refractivity contribution is 1.07. The first kappa shape index (κ1) is 12.6. The Bertz CT molecular complexity index is 570. The van der Waals surface area contributed by atoms with Gasteiger partial charge in [-0.3, -0.25) is 5.43 Å². The van der Waals surface area contributed by atoms with E-state index in [1.165, 1.54) is 0 Å². The molecule has 0 radical (unpaired) electrons. The first-order chi connectivity index (χ1) is 8.58. The summed E-state index contributed by atoms with van der Waals surface area (Å²) in [5.41, 5.74) is 5.15. The molecule has 1 heterocycles. The lowest BCUT2D eigenvalue weighted by Gasteiger charge is -2.10. The lowest BCUT2D eigenvalue weighted by Crippen LogP contribution is -2.11. The van der Waals surface area contributed by atoms with E-state index in [0.717, 1.165) is 16.9 Å². The second-order valence-corrected chi connectivity index (χ2v) is 4.38. The van der Waals surface area contributed by atoms with Gasteiger partial charge in [-0.15, -0.1) is 0 Å². The zero-order valence-corrected chi connectivity index (χ0v) is 10.9. The molecule has 4 N–H and O–H groups in total. The quantitative estimate of drug-likeness (QED) is 0.586. The molecule has 0 saturated carbocycles. The van der Waals surface area contributed by atoms with Crippen LogP contribution in [0.5, 0.6) is 0 Å². The summed E-state index contributed by atoms with van der Waals surface area (Å²) in [4.78, 5) is 8.31. The maximum Gasteiger partial charge on any atom is 0.239 e. The van der Waals surface area contributed by atoms with Crippen LogP contribution < -0.4 is 16.6 Å². The number of nitrogens with zero attached hydrogens (tertiary/aromatic N) is 2. The van der Waals surface area contributed by atoms with Gasteiger partial charge in [0.1, 0.15) is 5.82 Å². The topological polar surface area (TPSA) is 75.9 Å². The molecule has 5 nitrogen and oxygen atoms in total. The molecule has 0 saturated heterocycles. The van der Waals surface area contributed by atoms with Crippen LogP contribution in [0.2, 0.25) is 5.02 Å². The number of nitrogens with one attached hydrogen (secondary N) is 2. The van der Waals surface area contributed by atoms with Crippen LogP contribution in [0.4, 0.5) is 17.5 Å². The Hall–Kier alpha value is -1.85. The number of nitrogens with two attached hydrogens (primary N) is 1. The van der Waals surface area contributed by atoms with Crippen LogP contribution in [0.1, 0.15) is 11.3 Å². The van der Waals surface area contributed by atoms with Gasteiger partial charge in [-0.05, 0) is 31.5 Å². The smallest absolute Gasteiger partial charge is 0.239 e. The van der Waals surface area contributed by atoms with Crippen molar-refractivity contribution in [2.45, 2.75) is 13.8 Å². The third-order valence-electron chi connectivity index (χ3n) is 2.37. The van der Waals surface area contributed by atoms with Gasteiger partial charge in [0.15, 0.2) is 0 Å². The van der Waals surface area contributed by atoms with E-state index in [1.807, 2.05) is 38.1 Å². The van der Waals surface area contributed by atoms with Gasteiger partial charge < -0.3 is 5.32 Å². The van der Waals surface area contributed by atoms with E-state index >= 15 is 0 Å². The van der Waals surface area contributed by atoms with E-state index in [2.05, 4.69) is 20.7 Å². The first-order valence-electron chi connectivity index (χ1n) is 5.44. The fraction of sp³-hybridized carbons (Fsp3) is 0.167. The fourth-order valence-electron chi connectivity index (χ4n) is 1.57. The molecule has 18 heavy (non-hydrogen) atoms. The molecule has 0 aliphatic carbocycles. The largest absolute Gasteiger partial charge is 0.339 e. The normalized spacial score (nSPS) is 10.2. The van der Waals surface area contributed by atoms with Crippen LogP contribution in [0.3, 0.4) is 0 Å². The van der Waals surface area contributed by atoms with Crippen molar-refractivity contribution in [2.75, 3.05) is 10.7 Å². The molecule has 0 fully saturated rings. The van der Waals surface area contributed by atoms with Gasteiger partial charge in [-0.25, -0.2) is 10.8 Å². The van der Waals surface area contributed by atoms with Crippen LogP contribution in [0, 0.1) is 13.8 Å². The van der Waals surface area contributed by atoms with Crippen molar-refractivity contribution < 1.29 is 0 Å². The molecule has 0 spiro atoms. The molecule has 6 heteroatoms. The van der Waals surface area contributed by atoms with Gasteiger partial charge >= 0.3 is 0 Å². The van der Waals surface area contributed by atoms with E-state index in [-0.39, 0.29) is 0 Å². The molecular weight excluding hydrogens is 250 g/mol. The highest BCUT2D eigenvalue weighted by Gasteiger charge is 2.04. The number of aromatic nitrogens is 2. The molecule has 0 aliphatic heterocycles. The van der Waals surface area contributed by atoms with Gasteiger partial charge in [0.25, 0.3) is 0 Å². The minimum Gasteiger partial charge on any atom is -0.339 e. The van der Waals surface area contributed by atoms with E-state index in [0.29, 0.717) is 16.8 Å². The molecule has 2 aromatic rings. The monoisotopic (exact) mass is 263 g/mol. The summed E-state index contributed by atoms with van der Waals surface area (Å²) in [6.07, 6.45) is 0. The fourth-order valence-corrected chi connectivity index (χ4v) is 1.73. The molecule has 0 atom stereocenters. The Morgan fingerprint density at radius 3 is 2.67 bits per heavy atom. The number of rotatable bonds is 3. The number of anilines is 3. The van der Waals surface area contributed by atoms with Crippen LogP contribution in [0.15, 0.2) is 24.3 Å². The van der Waals surface area contributed by atoms with Crippen LogP contribution in [-0.2, 0) is 0 Å². The Labute approximate surface area is 110 Å². The number of benzene rings is 1. The summed E-state index contributed by atoms with van der Waals surface area (Å²) in [5, 5.41) is 3.79. The lowest BCUT2D eigenvalue weighted by atomic mass is 10.2. The van der Waals surface area contributed by atoms with E-state index in [1.54, 1.807) is 0 Å². The Morgan fingerprint density at radius 1 is 1.17 bits per heavy atom. The highest BCUT2D eigenvalue weighted by Crippen LogP contribution is 2.26. The van der Waals surface area contributed by atoms with Crippen molar-refractivity contribution in [3.8, 4) is 0 Å². The maximum absolute atomic E-state index is 6.11. The molecule has 2 rings (SSSR count). The summed E-state index contributed by atoms with van der Waals surface area (Å²) in [6.45, 7) is 3.87. The van der Waals surface area contributed by atoms with Crippen molar-refractivity contribution >= 4 is 29.1 Å². The SMILES string of the molecule is Cc1ccc(Cl)c(Nc2cc(C)nc(NN)n2)c1. The van der Waals surface area contributed by atoms with Gasteiger partial charge in [0, 0.05) is 11.8 Å². The van der Waals surface area contributed by atoms with Crippen molar-refractivity contribution in [1.82, 2.24) is 9.97 Å². The third-order valence-corrected chi connectivity index (χ3v) is 2.70. The second kappa shape index (κ2) is 5.20. The average Bonchev–Trinajstić information content (AvgIpc) is 2.33. The predicted octanol–water partition coefficient (Wildman–Crippen LogP) is 2.78.